The SMILES string of the molecule is CN(Cc1ccc2c(c1)OCCO2)C(=O)C=Cc1ccc(S(=O)(=O)NCc2ccco2)cc1. The molecular weight excluding hydrogens is 444 g/mol. The summed E-state index contributed by atoms with van der Waals surface area (Å²) in [5.41, 5.74) is 1.64. The first-order valence-electron chi connectivity index (χ1n) is 10.3. The lowest BCUT2D eigenvalue weighted by Gasteiger charge is -2.20. The number of rotatable bonds is 8. The normalized spacial score (nSPS) is 13.2. The van der Waals surface area contributed by atoms with Crippen molar-refractivity contribution in [3.05, 3.63) is 83.8 Å². The van der Waals surface area contributed by atoms with Crippen molar-refractivity contribution in [2.45, 2.75) is 18.0 Å². The standard InChI is InChI=1S/C24H24N2O6S/c1-26(17-19-6-10-22-23(15-19)32-14-13-31-22)24(27)11-7-18-4-8-21(9-5-18)33(28,29)25-16-20-3-2-12-30-20/h2-12,15,25H,13-14,16-17H2,1H3. The van der Waals surface area contributed by atoms with Crippen LogP contribution in [0.15, 0.2) is 76.2 Å². The van der Waals surface area contributed by atoms with Gasteiger partial charge in [0.15, 0.2) is 11.5 Å². The summed E-state index contributed by atoms with van der Waals surface area (Å²) in [4.78, 5) is 14.2. The number of likely N-dealkylation sites (N-methyl/N-ethyl adjacent to an activating group) is 1. The van der Waals surface area contributed by atoms with E-state index in [0.717, 1.165) is 5.56 Å². The van der Waals surface area contributed by atoms with Crippen LogP contribution in [0.2, 0.25) is 0 Å². The second-order valence-corrected chi connectivity index (χ2v) is 9.25. The van der Waals surface area contributed by atoms with E-state index in [1.165, 1.54) is 24.5 Å². The molecule has 9 heteroatoms. The topological polar surface area (TPSA) is 98.1 Å². The first-order chi connectivity index (χ1) is 15.9. The van der Waals surface area contributed by atoms with Gasteiger partial charge in [-0.15, -0.1) is 0 Å². The predicted octanol–water partition coefficient (Wildman–Crippen LogP) is 3.20. The van der Waals surface area contributed by atoms with Gasteiger partial charge < -0.3 is 18.8 Å². The van der Waals surface area contributed by atoms with E-state index < -0.39 is 10.0 Å². The highest BCUT2D eigenvalue weighted by Crippen LogP contribution is 2.31. The highest BCUT2D eigenvalue weighted by atomic mass is 32.2. The van der Waals surface area contributed by atoms with Crippen molar-refractivity contribution < 1.29 is 27.1 Å². The summed E-state index contributed by atoms with van der Waals surface area (Å²) in [7, 11) is -1.96. The van der Waals surface area contributed by atoms with Crippen LogP contribution in [0.25, 0.3) is 6.08 Å². The van der Waals surface area contributed by atoms with Crippen LogP contribution in [-0.4, -0.2) is 39.5 Å². The van der Waals surface area contributed by atoms with E-state index in [2.05, 4.69) is 4.72 Å². The number of hydrogen-bond acceptors (Lipinski definition) is 6. The van der Waals surface area contributed by atoms with E-state index in [4.69, 9.17) is 13.9 Å². The molecule has 2 aromatic carbocycles. The number of ether oxygens (including phenoxy) is 2. The Hall–Kier alpha value is -3.56. The molecule has 4 rings (SSSR count). The van der Waals surface area contributed by atoms with Gasteiger partial charge in [-0.05, 0) is 53.6 Å². The van der Waals surface area contributed by atoms with Gasteiger partial charge in [-0.1, -0.05) is 18.2 Å². The quantitative estimate of drug-likeness (QED) is 0.510. The van der Waals surface area contributed by atoms with Crippen LogP contribution in [-0.2, 0) is 27.9 Å². The summed E-state index contributed by atoms with van der Waals surface area (Å²) in [6.07, 6.45) is 4.59. The van der Waals surface area contributed by atoms with Gasteiger partial charge in [0.05, 0.1) is 17.7 Å². The molecule has 8 nitrogen and oxygen atoms in total. The summed E-state index contributed by atoms with van der Waals surface area (Å²) in [5, 5.41) is 0. The molecular formula is C24H24N2O6S. The van der Waals surface area contributed by atoms with Crippen LogP contribution in [0.3, 0.4) is 0 Å². The maximum Gasteiger partial charge on any atom is 0.246 e. The van der Waals surface area contributed by atoms with Crippen molar-refractivity contribution in [3.8, 4) is 11.5 Å². The molecule has 0 unspecified atom stereocenters. The summed E-state index contributed by atoms with van der Waals surface area (Å²) < 4.78 is 43.5. The molecule has 3 aromatic rings. The summed E-state index contributed by atoms with van der Waals surface area (Å²) in [6.45, 7) is 1.53. The first-order valence-corrected chi connectivity index (χ1v) is 11.8. The number of nitrogens with one attached hydrogen (secondary N) is 1. The van der Waals surface area contributed by atoms with Crippen molar-refractivity contribution in [2.24, 2.45) is 0 Å². The molecule has 0 fully saturated rings. The van der Waals surface area contributed by atoms with Gasteiger partial charge in [0, 0.05) is 19.7 Å². The largest absolute Gasteiger partial charge is 0.486 e. The van der Waals surface area contributed by atoms with Crippen molar-refractivity contribution in [2.75, 3.05) is 20.3 Å². The molecule has 1 aromatic heterocycles. The highest BCUT2D eigenvalue weighted by Gasteiger charge is 2.15. The molecule has 2 heterocycles. The molecule has 0 spiro atoms. The monoisotopic (exact) mass is 468 g/mol. The number of carbonyl (C=O) groups is 1. The van der Waals surface area contributed by atoms with Crippen molar-refractivity contribution in [1.82, 2.24) is 9.62 Å². The minimum absolute atomic E-state index is 0.0706. The summed E-state index contributed by atoms with van der Waals surface area (Å²) in [6, 6.07) is 15.3. The van der Waals surface area contributed by atoms with E-state index in [0.29, 0.717) is 42.6 Å². The average Bonchev–Trinajstić information content (AvgIpc) is 3.35. The second-order valence-electron chi connectivity index (χ2n) is 7.48. The zero-order valence-electron chi connectivity index (χ0n) is 18.1. The lowest BCUT2D eigenvalue weighted by molar-refractivity contribution is -0.125. The van der Waals surface area contributed by atoms with Crippen LogP contribution in [0.4, 0.5) is 0 Å². The minimum atomic E-state index is -3.67. The van der Waals surface area contributed by atoms with Gasteiger partial charge in [-0.3, -0.25) is 4.79 Å². The van der Waals surface area contributed by atoms with Gasteiger partial charge in [0.25, 0.3) is 0 Å². The molecule has 1 amide bonds. The van der Waals surface area contributed by atoms with Crippen LogP contribution < -0.4 is 14.2 Å². The molecule has 0 atom stereocenters. The maximum absolute atomic E-state index is 12.5. The molecule has 0 saturated heterocycles. The Morgan fingerprint density at radius 3 is 2.55 bits per heavy atom. The van der Waals surface area contributed by atoms with Gasteiger partial charge in [-0.25, -0.2) is 13.1 Å². The van der Waals surface area contributed by atoms with Crippen molar-refractivity contribution >= 4 is 22.0 Å². The third kappa shape index (κ3) is 5.82. The van der Waals surface area contributed by atoms with Gasteiger partial charge in [0.1, 0.15) is 19.0 Å². The highest BCUT2D eigenvalue weighted by molar-refractivity contribution is 7.89. The number of furan rings is 1. The Morgan fingerprint density at radius 1 is 1.06 bits per heavy atom. The first kappa shape index (κ1) is 22.6. The number of sulfonamides is 1. The van der Waals surface area contributed by atoms with Crippen molar-refractivity contribution in [1.29, 1.82) is 0 Å². The molecule has 172 valence electrons. The number of carbonyl (C=O) groups excluding carboxylic acids is 1. The predicted molar refractivity (Wildman–Crippen MR) is 122 cm³/mol. The van der Waals surface area contributed by atoms with Gasteiger partial charge in [-0.2, -0.15) is 0 Å². The molecule has 33 heavy (non-hydrogen) atoms. The Balaban J connectivity index is 1.33. The fourth-order valence-corrected chi connectivity index (χ4v) is 4.25. The smallest absolute Gasteiger partial charge is 0.246 e. The van der Waals surface area contributed by atoms with Crippen LogP contribution in [0, 0.1) is 0 Å². The Kier molecular flexibility index (Phi) is 6.81. The van der Waals surface area contributed by atoms with Crippen molar-refractivity contribution in [3.63, 3.8) is 0 Å². The fraction of sp³-hybridized carbons (Fsp3) is 0.208. The Morgan fingerprint density at radius 2 is 1.82 bits per heavy atom. The second kappa shape index (κ2) is 9.93. The van der Waals surface area contributed by atoms with Gasteiger partial charge in [0.2, 0.25) is 15.9 Å². The number of benzene rings is 2. The molecule has 0 saturated carbocycles. The minimum Gasteiger partial charge on any atom is -0.486 e. The fourth-order valence-electron chi connectivity index (χ4n) is 3.25. The van der Waals surface area contributed by atoms with Crippen LogP contribution >= 0.6 is 0 Å². The number of amides is 1. The third-order valence-corrected chi connectivity index (χ3v) is 6.44. The maximum atomic E-state index is 12.5. The molecule has 1 aliphatic rings. The molecule has 1 aliphatic heterocycles. The van der Waals surface area contributed by atoms with E-state index >= 15 is 0 Å². The van der Waals surface area contributed by atoms with E-state index in [1.807, 2.05) is 18.2 Å². The zero-order valence-corrected chi connectivity index (χ0v) is 18.9. The molecule has 0 bridgehead atoms. The molecule has 1 N–H and O–H groups in total. The zero-order chi connectivity index (χ0) is 23.3. The summed E-state index contributed by atoms with van der Waals surface area (Å²) >= 11 is 0. The van der Waals surface area contributed by atoms with Crippen LogP contribution in [0.5, 0.6) is 11.5 Å². The van der Waals surface area contributed by atoms with Gasteiger partial charge >= 0.3 is 0 Å². The number of fused-ring (bicyclic) bond motifs is 1. The molecule has 0 radical (unpaired) electrons. The lowest BCUT2D eigenvalue weighted by Crippen LogP contribution is -2.24. The molecule has 0 aliphatic carbocycles. The number of nitrogens with zero attached hydrogens (tertiary/aromatic N) is 1. The van der Waals surface area contributed by atoms with E-state index in [-0.39, 0.29) is 17.3 Å². The van der Waals surface area contributed by atoms with E-state index in [9.17, 15) is 13.2 Å². The Bertz CT molecular complexity index is 1230. The Labute approximate surface area is 192 Å². The summed E-state index contributed by atoms with van der Waals surface area (Å²) in [5.74, 6) is 1.74. The number of hydrogen-bond donors (Lipinski definition) is 1. The lowest BCUT2D eigenvalue weighted by atomic mass is 10.1. The third-order valence-electron chi connectivity index (χ3n) is 5.03. The van der Waals surface area contributed by atoms with Crippen LogP contribution in [0.1, 0.15) is 16.9 Å². The average molecular weight is 469 g/mol. The van der Waals surface area contributed by atoms with E-state index in [1.54, 1.807) is 42.3 Å².